The van der Waals surface area contributed by atoms with Crippen molar-refractivity contribution in [2.45, 2.75) is 51.7 Å². The van der Waals surface area contributed by atoms with Gasteiger partial charge in [0.25, 0.3) is 5.91 Å². The van der Waals surface area contributed by atoms with Gasteiger partial charge in [-0.05, 0) is 53.8 Å². The molecular formula is C28H35BrN2O4. The Morgan fingerprint density at radius 2 is 1.91 bits per heavy atom. The van der Waals surface area contributed by atoms with Crippen LogP contribution in [0.15, 0.2) is 70.7 Å². The second-order valence-corrected chi connectivity index (χ2v) is 10.8. The fraction of sp³-hybridized carbons (Fsp3) is 0.429. The second kappa shape index (κ2) is 11.9. The summed E-state index contributed by atoms with van der Waals surface area (Å²) in [6.45, 7) is 11.4. The van der Waals surface area contributed by atoms with Crippen molar-refractivity contribution in [1.29, 1.82) is 0 Å². The monoisotopic (exact) mass is 542 g/mol. The minimum Gasteiger partial charge on any atom is -0.494 e. The summed E-state index contributed by atoms with van der Waals surface area (Å²) in [5.41, 5.74) is 0.559. The zero-order valence-corrected chi connectivity index (χ0v) is 22.3. The number of benzene rings is 2. The van der Waals surface area contributed by atoms with Gasteiger partial charge in [-0.15, -0.1) is 6.58 Å². The number of rotatable bonds is 11. The first-order chi connectivity index (χ1) is 16.7. The standard InChI is InChI=1S/C28H35BrN2O4/c1-5-15-28(26(33)30-17-16-27(2,3)4)24(20-7-11-22(29)12-8-20)35-25(31-28)21-9-13-23(14-10-21)34-19-6-18-32/h5,7-14,24,32H,1,6,15-19H2,2-4H3,(H,30,33)/t24-,28-/m1/s1. The van der Waals surface area contributed by atoms with Crippen molar-refractivity contribution in [3.63, 3.8) is 0 Å². The van der Waals surface area contributed by atoms with Crippen molar-refractivity contribution in [2.24, 2.45) is 10.4 Å². The number of aliphatic imine (C=N–C) groups is 1. The summed E-state index contributed by atoms with van der Waals surface area (Å²) in [5, 5.41) is 12.0. The maximum atomic E-state index is 13.7. The fourth-order valence-corrected chi connectivity index (χ4v) is 4.14. The first-order valence-electron chi connectivity index (χ1n) is 11.9. The topological polar surface area (TPSA) is 80.2 Å². The van der Waals surface area contributed by atoms with Gasteiger partial charge in [-0.2, -0.15) is 0 Å². The molecule has 2 aromatic rings. The van der Waals surface area contributed by atoms with Crippen LogP contribution in [0.5, 0.6) is 5.75 Å². The zero-order chi connectivity index (χ0) is 25.5. The lowest BCUT2D eigenvalue weighted by Crippen LogP contribution is -2.48. The summed E-state index contributed by atoms with van der Waals surface area (Å²) in [7, 11) is 0. The maximum Gasteiger partial charge on any atom is 0.252 e. The van der Waals surface area contributed by atoms with Gasteiger partial charge in [-0.3, -0.25) is 4.79 Å². The fourth-order valence-electron chi connectivity index (χ4n) is 3.88. The van der Waals surface area contributed by atoms with Crippen molar-refractivity contribution < 1.29 is 19.4 Å². The third-order valence-electron chi connectivity index (χ3n) is 5.82. The Hall–Kier alpha value is -2.64. The van der Waals surface area contributed by atoms with E-state index in [0.29, 0.717) is 37.6 Å². The highest BCUT2D eigenvalue weighted by Crippen LogP contribution is 2.43. The molecule has 0 aliphatic carbocycles. The van der Waals surface area contributed by atoms with Crippen LogP contribution in [0.25, 0.3) is 0 Å². The SMILES string of the molecule is C=CC[C@@]1(C(=O)NCCC(C)(C)C)N=C(c2ccc(OCCCO)cc2)O[C@@H]1c1ccc(Br)cc1. The normalized spacial score (nSPS) is 19.6. The van der Waals surface area contributed by atoms with E-state index >= 15 is 0 Å². The molecule has 0 radical (unpaired) electrons. The molecule has 0 spiro atoms. The molecule has 0 saturated heterocycles. The molecule has 1 amide bonds. The molecule has 188 valence electrons. The van der Waals surface area contributed by atoms with E-state index in [4.69, 9.17) is 19.6 Å². The molecule has 0 aromatic heterocycles. The van der Waals surface area contributed by atoms with E-state index in [1.54, 1.807) is 6.08 Å². The van der Waals surface area contributed by atoms with Crippen molar-refractivity contribution >= 4 is 27.7 Å². The molecule has 7 heteroatoms. The molecule has 1 aliphatic heterocycles. The predicted octanol–water partition coefficient (Wildman–Crippen LogP) is 5.60. The van der Waals surface area contributed by atoms with Crippen LogP contribution in [0, 0.1) is 5.41 Å². The molecule has 2 aromatic carbocycles. The second-order valence-electron chi connectivity index (χ2n) is 9.90. The van der Waals surface area contributed by atoms with E-state index in [1.165, 1.54) is 0 Å². The van der Waals surface area contributed by atoms with Crippen LogP contribution in [0.2, 0.25) is 0 Å². The number of nitrogens with one attached hydrogen (secondary N) is 1. The number of aliphatic hydroxyl groups is 1. The summed E-state index contributed by atoms with van der Waals surface area (Å²) in [6, 6.07) is 15.2. The lowest BCUT2D eigenvalue weighted by Gasteiger charge is -2.30. The van der Waals surface area contributed by atoms with Gasteiger partial charge in [0.2, 0.25) is 5.90 Å². The van der Waals surface area contributed by atoms with Crippen LogP contribution in [-0.4, -0.2) is 42.2 Å². The Labute approximate surface area is 216 Å². The molecule has 0 saturated carbocycles. The minimum atomic E-state index is -1.17. The number of halogens is 1. The van der Waals surface area contributed by atoms with E-state index in [0.717, 1.165) is 22.0 Å². The van der Waals surface area contributed by atoms with Crippen molar-refractivity contribution in [3.8, 4) is 5.75 Å². The van der Waals surface area contributed by atoms with Gasteiger partial charge in [0, 0.05) is 36.0 Å². The highest BCUT2D eigenvalue weighted by molar-refractivity contribution is 9.10. The lowest BCUT2D eigenvalue weighted by molar-refractivity contribution is -0.128. The van der Waals surface area contributed by atoms with Gasteiger partial charge in [0.15, 0.2) is 11.6 Å². The number of hydrogen-bond acceptors (Lipinski definition) is 5. The van der Waals surface area contributed by atoms with Crippen LogP contribution in [0.1, 0.15) is 57.3 Å². The molecule has 1 heterocycles. The first kappa shape index (κ1) is 27.0. The zero-order valence-electron chi connectivity index (χ0n) is 20.7. The molecule has 2 N–H and O–H groups in total. The van der Waals surface area contributed by atoms with Crippen LogP contribution in [0.3, 0.4) is 0 Å². The quantitative estimate of drug-likeness (QED) is 0.286. The Kier molecular flexibility index (Phi) is 9.14. The Morgan fingerprint density at radius 1 is 1.23 bits per heavy atom. The van der Waals surface area contributed by atoms with Crippen LogP contribution in [0.4, 0.5) is 0 Å². The number of nitrogens with zero attached hydrogens (tertiary/aromatic N) is 1. The van der Waals surface area contributed by atoms with E-state index < -0.39 is 11.6 Å². The van der Waals surface area contributed by atoms with Gasteiger partial charge < -0.3 is 19.9 Å². The summed E-state index contributed by atoms with van der Waals surface area (Å²) >= 11 is 3.48. The number of ether oxygens (including phenoxy) is 2. The third kappa shape index (κ3) is 6.95. The largest absolute Gasteiger partial charge is 0.494 e. The van der Waals surface area contributed by atoms with Crippen LogP contribution in [-0.2, 0) is 9.53 Å². The van der Waals surface area contributed by atoms with Crippen molar-refractivity contribution in [2.75, 3.05) is 19.8 Å². The number of carbonyl (C=O) groups excluding carboxylic acids is 1. The van der Waals surface area contributed by atoms with Gasteiger partial charge in [0.1, 0.15) is 5.75 Å². The number of amides is 1. The summed E-state index contributed by atoms with van der Waals surface area (Å²) in [4.78, 5) is 18.6. The summed E-state index contributed by atoms with van der Waals surface area (Å²) < 4.78 is 13.0. The minimum absolute atomic E-state index is 0.0867. The Morgan fingerprint density at radius 3 is 2.51 bits per heavy atom. The maximum absolute atomic E-state index is 13.7. The van der Waals surface area contributed by atoms with Crippen LogP contribution < -0.4 is 10.1 Å². The van der Waals surface area contributed by atoms with E-state index in [-0.39, 0.29) is 17.9 Å². The van der Waals surface area contributed by atoms with Gasteiger partial charge in [-0.25, -0.2) is 4.99 Å². The summed E-state index contributed by atoms with van der Waals surface area (Å²) in [6.07, 6.45) is 2.88. The van der Waals surface area contributed by atoms with E-state index in [9.17, 15) is 4.79 Å². The average Bonchev–Trinajstić information content (AvgIpc) is 3.20. The smallest absolute Gasteiger partial charge is 0.252 e. The molecule has 35 heavy (non-hydrogen) atoms. The molecule has 2 atom stereocenters. The van der Waals surface area contributed by atoms with E-state index in [1.807, 2.05) is 48.5 Å². The molecule has 6 nitrogen and oxygen atoms in total. The van der Waals surface area contributed by atoms with Crippen LogP contribution >= 0.6 is 15.9 Å². The number of hydrogen-bond donors (Lipinski definition) is 2. The highest BCUT2D eigenvalue weighted by Gasteiger charge is 2.52. The van der Waals surface area contributed by atoms with Gasteiger partial charge in [0.05, 0.1) is 6.61 Å². The van der Waals surface area contributed by atoms with Gasteiger partial charge in [-0.1, -0.05) is 54.9 Å². The van der Waals surface area contributed by atoms with Crippen molar-refractivity contribution in [3.05, 3.63) is 76.8 Å². The Balaban J connectivity index is 1.93. The molecule has 1 aliphatic rings. The number of carbonyl (C=O) groups is 1. The predicted molar refractivity (Wildman–Crippen MR) is 143 cm³/mol. The average molecular weight is 544 g/mol. The first-order valence-corrected chi connectivity index (χ1v) is 12.7. The molecule has 3 rings (SSSR count). The molecular weight excluding hydrogens is 508 g/mol. The number of aliphatic hydroxyl groups excluding tert-OH is 1. The van der Waals surface area contributed by atoms with Gasteiger partial charge >= 0.3 is 0 Å². The third-order valence-corrected chi connectivity index (χ3v) is 6.35. The van der Waals surface area contributed by atoms with E-state index in [2.05, 4.69) is 48.6 Å². The Bertz CT molecular complexity index is 1030. The molecule has 0 unspecified atom stereocenters. The lowest BCUT2D eigenvalue weighted by atomic mass is 9.84. The van der Waals surface area contributed by atoms with Crippen molar-refractivity contribution in [1.82, 2.24) is 5.32 Å². The summed E-state index contributed by atoms with van der Waals surface area (Å²) in [5.74, 6) is 0.934. The molecule has 0 fully saturated rings. The highest BCUT2D eigenvalue weighted by atomic mass is 79.9. The molecule has 0 bridgehead atoms.